The van der Waals surface area contributed by atoms with Crippen LogP contribution in [0.1, 0.15) is 86.0 Å². The van der Waals surface area contributed by atoms with Crippen LogP contribution < -0.4 is 0 Å². The van der Waals surface area contributed by atoms with E-state index in [0.29, 0.717) is 17.1 Å². The number of aromatic nitrogens is 2. The summed E-state index contributed by atoms with van der Waals surface area (Å²) in [5, 5.41) is 22.0. The minimum Gasteiger partial charge on any atom is -0.412 e. The van der Waals surface area contributed by atoms with Crippen LogP contribution >= 0.6 is 11.6 Å². The first-order valence-electron chi connectivity index (χ1n) is 14.7. The number of hydrogen-bond donors (Lipinski definition) is 2. The van der Waals surface area contributed by atoms with Gasteiger partial charge in [0.1, 0.15) is 5.15 Å². The Bertz CT molecular complexity index is 1410. The summed E-state index contributed by atoms with van der Waals surface area (Å²) in [5.74, 6) is -0.0473. The van der Waals surface area contributed by atoms with Gasteiger partial charge in [-0.15, -0.1) is 0 Å². The predicted octanol–water partition coefficient (Wildman–Crippen LogP) is 6.45. The maximum atomic E-state index is 14.5. The number of rotatable bonds is 8. The molecule has 2 N–H and O–H groups in total. The maximum absolute atomic E-state index is 14.5. The second kappa shape index (κ2) is 11.7. The van der Waals surface area contributed by atoms with Crippen molar-refractivity contribution in [3.63, 3.8) is 0 Å². The molecule has 41 heavy (non-hydrogen) atoms. The molecule has 1 aliphatic carbocycles. The highest BCUT2D eigenvalue weighted by atomic mass is 35.5. The molecule has 1 saturated carbocycles. The molecule has 1 aliphatic heterocycles. The summed E-state index contributed by atoms with van der Waals surface area (Å²) in [6.45, 7) is 10.9. The number of carbonyl (C=O) groups is 1. The molecule has 1 fully saturated rings. The summed E-state index contributed by atoms with van der Waals surface area (Å²) in [7, 11) is -2.10. The van der Waals surface area contributed by atoms with Crippen molar-refractivity contribution in [3.05, 3.63) is 70.1 Å². The second-order valence-corrected chi connectivity index (χ2v) is 18.3. The van der Waals surface area contributed by atoms with Gasteiger partial charge in [0.2, 0.25) is 0 Å². The van der Waals surface area contributed by atoms with Crippen molar-refractivity contribution in [2.24, 2.45) is 0 Å². The third-order valence-electron chi connectivity index (χ3n) is 9.32. The molecular weight excluding hydrogens is 554 g/mol. The molecule has 3 aromatic rings. The smallest absolute Gasteiger partial charge is 0.255 e. The zero-order valence-electron chi connectivity index (χ0n) is 24.7. The first-order chi connectivity index (χ1) is 19.4. The van der Waals surface area contributed by atoms with Gasteiger partial charge < -0.3 is 19.5 Å². The van der Waals surface area contributed by atoms with Gasteiger partial charge in [-0.25, -0.2) is 4.98 Å². The Morgan fingerprint density at radius 2 is 1.93 bits per heavy atom. The molecule has 220 valence electrons. The minimum absolute atomic E-state index is 0.0466. The topological polar surface area (TPSA) is 95.8 Å². The van der Waals surface area contributed by atoms with Crippen LogP contribution in [0.5, 0.6) is 0 Å². The normalized spacial score (nSPS) is 22.3. The van der Waals surface area contributed by atoms with Crippen molar-refractivity contribution in [2.75, 3.05) is 6.61 Å². The van der Waals surface area contributed by atoms with Crippen molar-refractivity contribution in [1.82, 2.24) is 14.9 Å². The summed E-state index contributed by atoms with van der Waals surface area (Å²) in [5.41, 5.74) is 4.22. The highest BCUT2D eigenvalue weighted by Crippen LogP contribution is 2.47. The lowest BCUT2D eigenvalue weighted by atomic mass is 9.89. The van der Waals surface area contributed by atoms with E-state index < -0.39 is 20.5 Å². The van der Waals surface area contributed by atoms with Crippen LogP contribution in [0.25, 0.3) is 10.9 Å². The molecular formula is C32H42ClN3O4Si. The Morgan fingerprint density at radius 3 is 2.61 bits per heavy atom. The molecule has 0 bridgehead atoms. The van der Waals surface area contributed by atoms with Crippen molar-refractivity contribution in [2.45, 2.75) is 102 Å². The van der Waals surface area contributed by atoms with Gasteiger partial charge in [-0.1, -0.05) is 57.3 Å². The van der Waals surface area contributed by atoms with Gasteiger partial charge in [0.15, 0.2) is 8.32 Å². The molecule has 2 aliphatic rings. The van der Waals surface area contributed by atoms with E-state index in [4.69, 9.17) is 21.0 Å². The van der Waals surface area contributed by atoms with Crippen LogP contribution in [0.3, 0.4) is 0 Å². The van der Waals surface area contributed by atoms with Gasteiger partial charge in [0.05, 0.1) is 36.4 Å². The Labute approximate surface area is 249 Å². The fourth-order valence-corrected chi connectivity index (χ4v) is 7.68. The molecule has 3 unspecified atom stereocenters. The number of aliphatic hydroxyl groups excluding tert-OH is 2. The van der Waals surface area contributed by atoms with Gasteiger partial charge in [0, 0.05) is 35.3 Å². The molecule has 1 amide bonds. The fourth-order valence-electron chi connectivity index (χ4n) is 6.18. The average Bonchev–Trinajstić information content (AvgIpc) is 3.20. The Kier molecular flexibility index (Phi) is 8.61. The number of benzene rings is 1. The summed E-state index contributed by atoms with van der Waals surface area (Å²) in [6.07, 6.45) is 7.15. The van der Waals surface area contributed by atoms with Crippen LogP contribution in [0.4, 0.5) is 0 Å². The van der Waals surface area contributed by atoms with E-state index in [1.165, 1.54) is 0 Å². The zero-order valence-corrected chi connectivity index (χ0v) is 26.5. The summed E-state index contributed by atoms with van der Waals surface area (Å²) in [6, 6.07) is 9.15. The number of aliphatic hydroxyl groups is 2. The lowest BCUT2D eigenvalue weighted by Crippen LogP contribution is -2.54. The highest BCUT2D eigenvalue weighted by Gasteiger charge is 2.48. The maximum Gasteiger partial charge on any atom is 0.255 e. The molecule has 1 aromatic carbocycles. The van der Waals surface area contributed by atoms with Gasteiger partial charge >= 0.3 is 0 Å². The van der Waals surface area contributed by atoms with Crippen LogP contribution in [-0.2, 0) is 10.8 Å². The molecule has 9 heteroatoms. The van der Waals surface area contributed by atoms with Crippen LogP contribution in [-0.4, -0.2) is 64.2 Å². The van der Waals surface area contributed by atoms with Crippen molar-refractivity contribution >= 4 is 36.7 Å². The number of amides is 1. The van der Waals surface area contributed by atoms with Gasteiger partial charge in [-0.05, 0) is 66.7 Å². The molecule has 0 saturated heterocycles. The zero-order chi connectivity index (χ0) is 29.5. The highest BCUT2D eigenvalue weighted by molar-refractivity contribution is 6.74. The lowest BCUT2D eigenvalue weighted by Gasteiger charge is -2.46. The number of nitrogens with zero attached hydrogens (tertiary/aromatic N) is 3. The van der Waals surface area contributed by atoms with Crippen molar-refractivity contribution in [3.8, 4) is 0 Å². The van der Waals surface area contributed by atoms with Crippen LogP contribution in [0.15, 0.2) is 42.7 Å². The summed E-state index contributed by atoms with van der Waals surface area (Å²) in [4.78, 5) is 25.5. The Morgan fingerprint density at radius 1 is 1.17 bits per heavy atom. The summed E-state index contributed by atoms with van der Waals surface area (Å²) >= 11 is 6.02. The quantitative estimate of drug-likeness (QED) is 0.230. The number of fused-ring (bicyclic) bond motifs is 3. The number of halogens is 1. The van der Waals surface area contributed by atoms with Gasteiger partial charge in [0.25, 0.3) is 5.91 Å². The molecule has 0 radical (unpaired) electrons. The molecule has 5 rings (SSSR count). The largest absolute Gasteiger partial charge is 0.412 e. The van der Waals surface area contributed by atoms with Gasteiger partial charge in [-0.3, -0.25) is 9.78 Å². The Balaban J connectivity index is 1.61. The number of pyridine rings is 2. The van der Waals surface area contributed by atoms with E-state index in [9.17, 15) is 15.0 Å². The molecule has 2 aromatic heterocycles. The molecule has 4 atom stereocenters. The predicted molar refractivity (Wildman–Crippen MR) is 165 cm³/mol. The van der Waals surface area contributed by atoms with Crippen molar-refractivity contribution in [1.29, 1.82) is 0 Å². The third-order valence-corrected chi connectivity index (χ3v) is 14.0. The van der Waals surface area contributed by atoms with E-state index in [1.54, 1.807) is 18.5 Å². The first-order valence-corrected chi connectivity index (χ1v) is 18.0. The van der Waals surface area contributed by atoms with E-state index in [2.05, 4.69) is 38.8 Å². The van der Waals surface area contributed by atoms with E-state index in [-0.39, 0.29) is 36.1 Å². The van der Waals surface area contributed by atoms with Crippen LogP contribution in [0, 0.1) is 0 Å². The van der Waals surface area contributed by atoms with Crippen LogP contribution in [0.2, 0.25) is 23.3 Å². The van der Waals surface area contributed by atoms with E-state index >= 15 is 0 Å². The minimum atomic E-state index is -2.10. The van der Waals surface area contributed by atoms with Crippen molar-refractivity contribution < 1.29 is 19.4 Å². The molecule has 7 nitrogen and oxygen atoms in total. The summed E-state index contributed by atoms with van der Waals surface area (Å²) < 4.78 is 6.99. The molecule has 3 heterocycles. The Hall–Kier alpha value is -2.36. The fraction of sp³-hybridized carbons (Fsp3) is 0.531. The monoisotopic (exact) mass is 595 g/mol. The number of hydrogen-bond acceptors (Lipinski definition) is 6. The lowest BCUT2D eigenvalue weighted by molar-refractivity contribution is -0.00180. The standard InChI is InChI=1S/C32H42ClN3O4Si/c1-32(2,3)41(4,5)40-27-11-7-6-10-25(27)36-26(17-22(38)19-37)29-24(31(36)39)16-21(23-9-8-14-34-30(23)29)15-20-12-13-28(33)35-18-20/h8-9,12-14,16,18,22,25-27,37-38H,6-7,10-11,15,17,19H2,1-5H3/t22?,25?,26?,27-/m0/s1. The first kappa shape index (κ1) is 30.1. The van der Waals surface area contributed by atoms with E-state index in [1.807, 2.05) is 29.2 Å². The number of carbonyl (C=O) groups excluding carboxylic acids is 1. The third kappa shape index (κ3) is 5.95. The average molecular weight is 596 g/mol. The SMILES string of the molecule is CC(C)(C)[Si](C)(C)O[C@H]1CCCCC1N1C(=O)c2cc(Cc3ccc(Cl)nc3)c3cccnc3c2C1CC(O)CO. The van der Waals surface area contributed by atoms with Gasteiger partial charge in [-0.2, -0.15) is 0 Å². The second-order valence-electron chi connectivity index (χ2n) is 13.1. The molecule has 0 spiro atoms. The van der Waals surface area contributed by atoms with E-state index in [0.717, 1.165) is 53.3 Å².